The maximum absolute atomic E-state index is 13.0. The molecule has 29 heavy (non-hydrogen) atoms. The van der Waals surface area contributed by atoms with E-state index in [-0.39, 0.29) is 31.1 Å². The number of fused-ring (bicyclic) bond motifs is 1. The number of hydrogen-bond donors (Lipinski definition) is 1. The molecule has 0 unspecified atom stereocenters. The van der Waals surface area contributed by atoms with Crippen molar-refractivity contribution >= 4 is 23.0 Å². The number of hydrogen-bond acceptors (Lipinski definition) is 4. The maximum Gasteiger partial charge on any atom is 0.416 e. The summed E-state index contributed by atoms with van der Waals surface area (Å²) >= 11 is 0. The van der Waals surface area contributed by atoms with Gasteiger partial charge in [0.1, 0.15) is 18.0 Å². The van der Waals surface area contributed by atoms with E-state index >= 15 is 0 Å². The van der Waals surface area contributed by atoms with Gasteiger partial charge in [-0.15, -0.1) is 0 Å². The summed E-state index contributed by atoms with van der Waals surface area (Å²) in [5, 5.41) is 0. The lowest BCUT2D eigenvalue weighted by Gasteiger charge is -2.34. The van der Waals surface area contributed by atoms with Gasteiger partial charge in [-0.2, -0.15) is 13.2 Å². The third-order valence-electron chi connectivity index (χ3n) is 4.48. The molecule has 1 aliphatic heterocycles. The Morgan fingerprint density at radius 2 is 1.93 bits per heavy atom. The number of amides is 2. The predicted molar refractivity (Wildman–Crippen MR) is 99.1 cm³/mol. The van der Waals surface area contributed by atoms with Gasteiger partial charge >= 0.3 is 12.3 Å². The van der Waals surface area contributed by atoms with Crippen molar-refractivity contribution in [1.82, 2.24) is 19.8 Å². The van der Waals surface area contributed by atoms with E-state index in [9.17, 15) is 22.8 Å². The number of aromatic amines is 1. The van der Waals surface area contributed by atoms with Gasteiger partial charge in [0.2, 0.25) is 5.91 Å². The molecule has 7 nitrogen and oxygen atoms in total. The highest BCUT2D eigenvalue weighted by atomic mass is 19.4. The van der Waals surface area contributed by atoms with Crippen molar-refractivity contribution in [1.29, 1.82) is 0 Å². The summed E-state index contributed by atoms with van der Waals surface area (Å²) in [5.41, 5.74) is -0.282. The fourth-order valence-electron chi connectivity index (χ4n) is 3.11. The number of imidazole rings is 1. The number of piperazine rings is 1. The zero-order valence-corrected chi connectivity index (χ0v) is 16.7. The van der Waals surface area contributed by atoms with Gasteiger partial charge in [-0.25, -0.2) is 9.78 Å². The van der Waals surface area contributed by atoms with Crippen LogP contribution in [0.25, 0.3) is 11.0 Å². The number of benzene rings is 1. The molecule has 1 aliphatic rings. The molecule has 0 saturated carbocycles. The van der Waals surface area contributed by atoms with Crippen LogP contribution in [0.15, 0.2) is 12.1 Å². The lowest BCUT2D eigenvalue weighted by atomic mass is 10.1. The molecule has 1 fully saturated rings. The Morgan fingerprint density at radius 1 is 1.24 bits per heavy atom. The SMILES string of the molecule is Cc1cc(C(F)(F)F)cc2nc(CN3CCN(C(=O)OC(C)(C)C)CC3=O)[nH]c12. The van der Waals surface area contributed by atoms with Gasteiger partial charge in [-0.05, 0) is 45.4 Å². The first-order valence-electron chi connectivity index (χ1n) is 9.15. The van der Waals surface area contributed by atoms with E-state index in [4.69, 9.17) is 4.74 Å². The van der Waals surface area contributed by atoms with E-state index in [1.165, 1.54) is 9.80 Å². The van der Waals surface area contributed by atoms with Gasteiger partial charge < -0.3 is 14.6 Å². The minimum absolute atomic E-state index is 0.119. The summed E-state index contributed by atoms with van der Waals surface area (Å²) < 4.78 is 44.3. The van der Waals surface area contributed by atoms with Gasteiger partial charge in [0.05, 0.1) is 23.1 Å². The average molecular weight is 412 g/mol. The van der Waals surface area contributed by atoms with Crippen molar-refractivity contribution in [3.05, 3.63) is 29.1 Å². The lowest BCUT2D eigenvalue weighted by Crippen LogP contribution is -2.52. The Balaban J connectivity index is 1.71. The van der Waals surface area contributed by atoms with Crippen LogP contribution in [0, 0.1) is 6.92 Å². The number of nitrogens with one attached hydrogen (secondary N) is 1. The molecule has 2 heterocycles. The second-order valence-electron chi connectivity index (χ2n) is 8.09. The van der Waals surface area contributed by atoms with Crippen LogP contribution in [0.1, 0.15) is 37.7 Å². The summed E-state index contributed by atoms with van der Waals surface area (Å²) in [6.45, 7) is 7.40. The van der Waals surface area contributed by atoms with Gasteiger partial charge in [0, 0.05) is 13.1 Å². The number of ether oxygens (including phenoxy) is 1. The molecule has 1 aromatic heterocycles. The minimum Gasteiger partial charge on any atom is -0.444 e. The molecule has 0 atom stereocenters. The van der Waals surface area contributed by atoms with Crippen molar-refractivity contribution in [2.45, 2.75) is 46.0 Å². The molecular formula is C19H23F3N4O3. The van der Waals surface area contributed by atoms with Crippen LogP contribution in [-0.2, 0) is 22.3 Å². The number of rotatable bonds is 2. The van der Waals surface area contributed by atoms with E-state index in [2.05, 4.69) is 9.97 Å². The molecule has 158 valence electrons. The first-order chi connectivity index (χ1) is 13.3. The fourth-order valence-corrected chi connectivity index (χ4v) is 3.11. The van der Waals surface area contributed by atoms with Gasteiger partial charge in [-0.3, -0.25) is 9.69 Å². The van der Waals surface area contributed by atoms with Crippen molar-refractivity contribution < 1.29 is 27.5 Å². The van der Waals surface area contributed by atoms with Crippen molar-refractivity contribution in [3.63, 3.8) is 0 Å². The second kappa shape index (κ2) is 7.23. The largest absolute Gasteiger partial charge is 0.444 e. The molecule has 1 N–H and O–H groups in total. The standard InChI is InChI=1S/C19H23F3N4O3/c1-11-7-12(19(20,21)22)8-13-16(11)24-14(23-13)9-25-5-6-26(10-15(25)27)17(28)29-18(2,3)4/h7-8H,5-6,9-10H2,1-4H3,(H,23,24). The zero-order chi connectivity index (χ0) is 21.6. The summed E-state index contributed by atoms with van der Waals surface area (Å²) in [5.74, 6) is 0.108. The lowest BCUT2D eigenvalue weighted by molar-refractivity contribution is -0.137. The number of aromatic nitrogens is 2. The van der Waals surface area contributed by atoms with Crippen molar-refractivity contribution in [2.24, 2.45) is 0 Å². The van der Waals surface area contributed by atoms with E-state index in [1.54, 1.807) is 27.7 Å². The van der Waals surface area contributed by atoms with Crippen molar-refractivity contribution in [3.8, 4) is 0 Å². The van der Waals surface area contributed by atoms with Crippen LogP contribution < -0.4 is 0 Å². The Kier molecular flexibility index (Phi) is 5.22. The van der Waals surface area contributed by atoms with Crippen LogP contribution in [0.5, 0.6) is 0 Å². The Bertz CT molecular complexity index is 947. The average Bonchev–Trinajstić information content (AvgIpc) is 2.97. The number of aryl methyl sites for hydroxylation is 1. The third-order valence-corrected chi connectivity index (χ3v) is 4.48. The van der Waals surface area contributed by atoms with Gasteiger partial charge in [0.15, 0.2) is 0 Å². The van der Waals surface area contributed by atoms with Crippen LogP contribution in [0.2, 0.25) is 0 Å². The highest BCUT2D eigenvalue weighted by Gasteiger charge is 2.32. The van der Waals surface area contributed by atoms with Crippen LogP contribution in [0.3, 0.4) is 0 Å². The Morgan fingerprint density at radius 3 is 2.52 bits per heavy atom. The number of carbonyl (C=O) groups excluding carboxylic acids is 2. The molecule has 3 rings (SSSR count). The van der Waals surface area contributed by atoms with Gasteiger partial charge in [0.25, 0.3) is 0 Å². The molecule has 2 amide bonds. The number of nitrogens with zero attached hydrogens (tertiary/aromatic N) is 3. The van der Waals surface area contributed by atoms with Gasteiger partial charge in [-0.1, -0.05) is 0 Å². The first kappa shape index (κ1) is 20.9. The molecule has 10 heteroatoms. The minimum atomic E-state index is -4.45. The molecule has 0 radical (unpaired) electrons. The molecule has 1 saturated heterocycles. The van der Waals surface area contributed by atoms with Crippen LogP contribution in [0.4, 0.5) is 18.0 Å². The molecule has 2 aromatic rings. The first-order valence-corrected chi connectivity index (χ1v) is 9.15. The topological polar surface area (TPSA) is 78.5 Å². The molecule has 0 bridgehead atoms. The summed E-state index contributed by atoms with van der Waals surface area (Å²) in [4.78, 5) is 34.6. The summed E-state index contributed by atoms with van der Waals surface area (Å²) in [7, 11) is 0. The van der Waals surface area contributed by atoms with E-state index in [0.29, 0.717) is 23.4 Å². The summed E-state index contributed by atoms with van der Waals surface area (Å²) in [6.07, 6.45) is -5.00. The van der Waals surface area contributed by atoms with Crippen LogP contribution in [-0.4, -0.2) is 57.0 Å². The quantitative estimate of drug-likeness (QED) is 0.819. The second-order valence-corrected chi connectivity index (χ2v) is 8.09. The number of H-pyrrole nitrogens is 1. The fraction of sp³-hybridized carbons (Fsp3) is 0.526. The van der Waals surface area contributed by atoms with E-state index < -0.39 is 23.4 Å². The Hall–Kier alpha value is -2.78. The molecular weight excluding hydrogens is 389 g/mol. The highest BCUT2D eigenvalue weighted by molar-refractivity contribution is 5.84. The summed E-state index contributed by atoms with van der Waals surface area (Å²) in [6, 6.07) is 2.06. The number of halogens is 3. The number of alkyl halides is 3. The van der Waals surface area contributed by atoms with Crippen LogP contribution >= 0.6 is 0 Å². The third kappa shape index (κ3) is 4.80. The predicted octanol–water partition coefficient (Wildman–Crippen LogP) is 3.47. The van der Waals surface area contributed by atoms with E-state index in [0.717, 1.165) is 12.1 Å². The van der Waals surface area contributed by atoms with E-state index in [1.807, 2.05) is 0 Å². The Labute approximate surface area is 165 Å². The normalized spacial score (nSPS) is 15.9. The molecule has 0 spiro atoms. The zero-order valence-electron chi connectivity index (χ0n) is 16.7. The highest BCUT2D eigenvalue weighted by Crippen LogP contribution is 2.32. The molecule has 0 aliphatic carbocycles. The number of carbonyl (C=O) groups is 2. The smallest absolute Gasteiger partial charge is 0.416 e. The molecule has 1 aromatic carbocycles. The monoisotopic (exact) mass is 412 g/mol. The van der Waals surface area contributed by atoms with Crippen molar-refractivity contribution in [2.75, 3.05) is 19.6 Å². The maximum atomic E-state index is 13.0.